The van der Waals surface area contributed by atoms with Gasteiger partial charge in [0.15, 0.2) is 0 Å². The molecule has 0 aliphatic heterocycles. The molecule has 0 saturated heterocycles. The number of non-ortho nitro benzene ring substituents is 1. The van der Waals surface area contributed by atoms with Crippen molar-refractivity contribution in [3.05, 3.63) is 81.5 Å². The summed E-state index contributed by atoms with van der Waals surface area (Å²) < 4.78 is 0. The standard InChI is InChI=1S/C23H25N3O4/c1-16(17-12-14-20(15-13-17)26(29)30)21(23(28)24-19-10-6-3-7-11-19)25-22(27)18-8-4-2-5-9-18/h2,4-5,8-9,12-15,19H,3,6-7,10-11H2,1H3,(H,24,28)(H,25,27)/b21-16+. The largest absolute Gasteiger partial charge is 0.348 e. The van der Waals surface area contributed by atoms with Crippen LogP contribution in [0.25, 0.3) is 5.57 Å². The molecule has 0 radical (unpaired) electrons. The van der Waals surface area contributed by atoms with Crippen LogP contribution in [0.5, 0.6) is 0 Å². The minimum absolute atomic E-state index is 0.0342. The monoisotopic (exact) mass is 407 g/mol. The van der Waals surface area contributed by atoms with E-state index in [4.69, 9.17) is 0 Å². The molecular formula is C23H25N3O4. The van der Waals surface area contributed by atoms with Gasteiger partial charge in [-0.05, 0) is 55.2 Å². The van der Waals surface area contributed by atoms with Crippen LogP contribution in [0.15, 0.2) is 60.3 Å². The van der Waals surface area contributed by atoms with Crippen molar-refractivity contribution in [3.8, 4) is 0 Å². The van der Waals surface area contributed by atoms with Crippen molar-refractivity contribution in [2.24, 2.45) is 0 Å². The van der Waals surface area contributed by atoms with Gasteiger partial charge in [0.1, 0.15) is 5.70 Å². The number of amides is 2. The molecule has 0 atom stereocenters. The number of carbonyl (C=O) groups excluding carboxylic acids is 2. The summed E-state index contributed by atoms with van der Waals surface area (Å²) in [5.41, 5.74) is 1.73. The Balaban J connectivity index is 1.90. The molecule has 0 unspecified atom stereocenters. The van der Waals surface area contributed by atoms with Crippen LogP contribution in [-0.2, 0) is 4.79 Å². The zero-order valence-corrected chi connectivity index (χ0v) is 16.9. The maximum atomic E-state index is 13.1. The minimum Gasteiger partial charge on any atom is -0.348 e. The Morgan fingerprint density at radius 3 is 2.17 bits per heavy atom. The molecule has 30 heavy (non-hydrogen) atoms. The molecule has 1 fully saturated rings. The highest BCUT2D eigenvalue weighted by molar-refractivity contribution is 6.07. The predicted octanol–water partition coefficient (Wildman–Crippen LogP) is 4.20. The summed E-state index contributed by atoms with van der Waals surface area (Å²) in [5, 5.41) is 16.7. The summed E-state index contributed by atoms with van der Waals surface area (Å²) in [4.78, 5) is 36.2. The molecule has 0 heterocycles. The van der Waals surface area contributed by atoms with Crippen LogP contribution in [0.2, 0.25) is 0 Å². The van der Waals surface area contributed by atoms with E-state index in [1.807, 2.05) is 6.07 Å². The second-order valence-corrected chi connectivity index (χ2v) is 7.43. The summed E-state index contributed by atoms with van der Waals surface area (Å²) >= 11 is 0. The van der Waals surface area contributed by atoms with Gasteiger partial charge < -0.3 is 10.6 Å². The molecule has 2 aromatic rings. The molecule has 0 aromatic heterocycles. The van der Waals surface area contributed by atoms with Gasteiger partial charge in [0.05, 0.1) is 4.92 Å². The van der Waals surface area contributed by atoms with E-state index in [9.17, 15) is 19.7 Å². The first-order chi connectivity index (χ1) is 14.5. The lowest BCUT2D eigenvalue weighted by atomic mass is 9.95. The highest BCUT2D eigenvalue weighted by Crippen LogP contribution is 2.22. The number of nitro benzene ring substituents is 1. The molecule has 1 saturated carbocycles. The molecule has 2 amide bonds. The molecule has 0 bridgehead atoms. The smallest absolute Gasteiger partial charge is 0.269 e. The number of carbonyl (C=O) groups is 2. The lowest BCUT2D eigenvalue weighted by molar-refractivity contribution is -0.384. The number of benzene rings is 2. The molecule has 0 spiro atoms. The Morgan fingerprint density at radius 2 is 1.57 bits per heavy atom. The summed E-state index contributed by atoms with van der Waals surface area (Å²) in [5.74, 6) is -0.729. The number of allylic oxidation sites excluding steroid dienone is 1. The first-order valence-electron chi connectivity index (χ1n) is 10.1. The predicted molar refractivity (Wildman–Crippen MR) is 115 cm³/mol. The second kappa shape index (κ2) is 9.82. The van der Waals surface area contributed by atoms with Crippen LogP contribution in [-0.4, -0.2) is 22.8 Å². The topological polar surface area (TPSA) is 101 Å². The Bertz CT molecular complexity index is 946. The van der Waals surface area contributed by atoms with Gasteiger partial charge in [0.25, 0.3) is 17.5 Å². The Kier molecular flexibility index (Phi) is 6.95. The Hall–Kier alpha value is -3.48. The van der Waals surface area contributed by atoms with Crippen molar-refractivity contribution in [1.29, 1.82) is 0 Å². The third-order valence-electron chi connectivity index (χ3n) is 5.33. The molecule has 7 nitrogen and oxygen atoms in total. The van der Waals surface area contributed by atoms with E-state index in [-0.39, 0.29) is 29.2 Å². The van der Waals surface area contributed by atoms with Gasteiger partial charge in [-0.15, -0.1) is 0 Å². The Labute approximate surface area is 175 Å². The molecule has 7 heteroatoms. The summed E-state index contributed by atoms with van der Waals surface area (Å²) in [6, 6.07) is 14.7. The summed E-state index contributed by atoms with van der Waals surface area (Å²) in [7, 11) is 0. The Morgan fingerprint density at radius 1 is 0.933 bits per heavy atom. The van der Waals surface area contributed by atoms with Gasteiger partial charge in [-0.1, -0.05) is 37.5 Å². The summed E-state index contributed by atoms with van der Waals surface area (Å²) in [6.45, 7) is 1.72. The number of hydrogen-bond acceptors (Lipinski definition) is 4. The van der Waals surface area contributed by atoms with E-state index in [1.165, 1.54) is 18.6 Å². The van der Waals surface area contributed by atoms with E-state index < -0.39 is 4.92 Å². The molecule has 3 rings (SSSR count). The maximum absolute atomic E-state index is 13.1. The van der Waals surface area contributed by atoms with Crippen molar-refractivity contribution < 1.29 is 14.5 Å². The molecule has 156 valence electrons. The van der Waals surface area contributed by atoms with Gasteiger partial charge in [-0.25, -0.2) is 0 Å². The lowest BCUT2D eigenvalue weighted by Gasteiger charge is -2.24. The number of rotatable bonds is 6. The van der Waals surface area contributed by atoms with Crippen LogP contribution in [0.1, 0.15) is 54.9 Å². The van der Waals surface area contributed by atoms with E-state index in [2.05, 4.69) is 10.6 Å². The van der Waals surface area contributed by atoms with Crippen LogP contribution < -0.4 is 10.6 Å². The number of hydrogen-bond donors (Lipinski definition) is 2. The van der Waals surface area contributed by atoms with Crippen LogP contribution in [0.3, 0.4) is 0 Å². The molecule has 1 aliphatic rings. The third kappa shape index (κ3) is 5.31. The average molecular weight is 407 g/mol. The molecular weight excluding hydrogens is 382 g/mol. The first kappa shape index (κ1) is 21.2. The van der Waals surface area contributed by atoms with Crippen LogP contribution >= 0.6 is 0 Å². The highest BCUT2D eigenvalue weighted by Gasteiger charge is 2.22. The number of nitrogens with zero attached hydrogens (tertiary/aromatic N) is 1. The van der Waals surface area contributed by atoms with Crippen molar-refractivity contribution in [2.75, 3.05) is 0 Å². The molecule has 1 aliphatic carbocycles. The van der Waals surface area contributed by atoms with Crippen LogP contribution in [0, 0.1) is 10.1 Å². The average Bonchev–Trinajstić information content (AvgIpc) is 2.78. The van der Waals surface area contributed by atoms with E-state index in [0.29, 0.717) is 16.7 Å². The highest BCUT2D eigenvalue weighted by atomic mass is 16.6. The van der Waals surface area contributed by atoms with Crippen LogP contribution in [0.4, 0.5) is 5.69 Å². The van der Waals surface area contributed by atoms with E-state index in [0.717, 1.165) is 25.7 Å². The van der Waals surface area contributed by atoms with Crippen molar-refractivity contribution in [1.82, 2.24) is 10.6 Å². The molecule has 2 N–H and O–H groups in total. The normalized spacial score (nSPS) is 15.1. The maximum Gasteiger partial charge on any atom is 0.269 e. The minimum atomic E-state index is -0.475. The van der Waals surface area contributed by atoms with Gasteiger partial charge in [-0.2, -0.15) is 0 Å². The van der Waals surface area contributed by atoms with Crippen molar-refractivity contribution >= 4 is 23.1 Å². The first-order valence-corrected chi connectivity index (χ1v) is 10.1. The number of nitro groups is 1. The van der Waals surface area contributed by atoms with Gasteiger partial charge >= 0.3 is 0 Å². The fraction of sp³-hybridized carbons (Fsp3) is 0.304. The summed E-state index contributed by atoms with van der Waals surface area (Å²) in [6.07, 6.45) is 5.15. The van der Waals surface area contributed by atoms with Crippen molar-refractivity contribution in [2.45, 2.75) is 45.1 Å². The second-order valence-electron chi connectivity index (χ2n) is 7.43. The molecule has 2 aromatic carbocycles. The third-order valence-corrected chi connectivity index (χ3v) is 5.33. The lowest BCUT2D eigenvalue weighted by Crippen LogP contribution is -2.41. The van der Waals surface area contributed by atoms with Crippen molar-refractivity contribution in [3.63, 3.8) is 0 Å². The fourth-order valence-electron chi connectivity index (χ4n) is 3.58. The quantitative estimate of drug-likeness (QED) is 0.425. The fourth-order valence-corrected chi connectivity index (χ4v) is 3.58. The number of nitrogens with one attached hydrogen (secondary N) is 2. The SMILES string of the molecule is C/C(=C(\NC(=O)c1ccccc1)C(=O)NC1CCCCC1)c1ccc([N+](=O)[O-])cc1. The van der Waals surface area contributed by atoms with Gasteiger partial charge in [0, 0.05) is 23.7 Å². The van der Waals surface area contributed by atoms with Gasteiger partial charge in [-0.3, -0.25) is 19.7 Å². The van der Waals surface area contributed by atoms with E-state index in [1.54, 1.807) is 43.3 Å². The zero-order chi connectivity index (χ0) is 21.5. The van der Waals surface area contributed by atoms with Gasteiger partial charge in [0.2, 0.25) is 0 Å². The zero-order valence-electron chi connectivity index (χ0n) is 16.9. The van der Waals surface area contributed by atoms with E-state index >= 15 is 0 Å².